The highest BCUT2D eigenvalue weighted by atomic mass is 32.2. The molecule has 10 heteroatoms. The SMILES string of the molecule is COc1ccc(S(=O)(=O)Nc2cc(C(=O)NC[C@@H]3CCCO3)ccc2N2CCNCC2)cc1. The van der Waals surface area contributed by atoms with Gasteiger partial charge in [0.2, 0.25) is 0 Å². The summed E-state index contributed by atoms with van der Waals surface area (Å²) in [6, 6.07) is 11.3. The second-order valence-corrected chi connectivity index (χ2v) is 9.78. The number of ether oxygens (including phenoxy) is 2. The third kappa shape index (κ3) is 5.76. The number of hydrogen-bond donors (Lipinski definition) is 3. The Balaban J connectivity index is 1.59. The van der Waals surface area contributed by atoms with Gasteiger partial charge < -0.3 is 25.0 Å². The summed E-state index contributed by atoms with van der Waals surface area (Å²) in [7, 11) is -2.34. The van der Waals surface area contributed by atoms with Crippen molar-refractivity contribution in [2.24, 2.45) is 0 Å². The maximum absolute atomic E-state index is 13.1. The molecule has 2 fully saturated rings. The molecule has 3 N–H and O–H groups in total. The van der Waals surface area contributed by atoms with E-state index < -0.39 is 10.0 Å². The average Bonchev–Trinajstić information content (AvgIpc) is 3.36. The summed E-state index contributed by atoms with van der Waals surface area (Å²) in [5, 5.41) is 6.19. The van der Waals surface area contributed by atoms with Crippen molar-refractivity contribution < 1.29 is 22.7 Å². The molecule has 2 heterocycles. The first-order chi connectivity index (χ1) is 16.0. The van der Waals surface area contributed by atoms with E-state index in [4.69, 9.17) is 9.47 Å². The molecule has 178 valence electrons. The number of carbonyl (C=O) groups excluding carboxylic acids is 1. The Hall–Kier alpha value is -2.82. The zero-order valence-electron chi connectivity index (χ0n) is 18.7. The fourth-order valence-electron chi connectivity index (χ4n) is 4.01. The molecule has 2 aromatic carbocycles. The van der Waals surface area contributed by atoms with Gasteiger partial charge in [0.1, 0.15) is 5.75 Å². The Kier molecular flexibility index (Phi) is 7.36. The van der Waals surface area contributed by atoms with Crippen molar-refractivity contribution in [1.29, 1.82) is 0 Å². The number of piperazine rings is 1. The van der Waals surface area contributed by atoms with Crippen molar-refractivity contribution in [3.05, 3.63) is 48.0 Å². The van der Waals surface area contributed by atoms with Crippen LogP contribution in [0.5, 0.6) is 5.75 Å². The van der Waals surface area contributed by atoms with Gasteiger partial charge in [-0.1, -0.05) is 0 Å². The van der Waals surface area contributed by atoms with Crippen LogP contribution in [-0.4, -0.2) is 66.9 Å². The van der Waals surface area contributed by atoms with Crippen LogP contribution in [0.2, 0.25) is 0 Å². The Morgan fingerprint density at radius 3 is 2.61 bits per heavy atom. The van der Waals surface area contributed by atoms with Crippen LogP contribution in [0.1, 0.15) is 23.2 Å². The van der Waals surface area contributed by atoms with Gasteiger partial charge in [-0.2, -0.15) is 0 Å². The van der Waals surface area contributed by atoms with E-state index in [0.29, 0.717) is 23.5 Å². The molecular formula is C23H30N4O5S. The summed E-state index contributed by atoms with van der Waals surface area (Å²) < 4.78 is 39.6. The number of anilines is 2. The second kappa shape index (κ2) is 10.4. The van der Waals surface area contributed by atoms with Gasteiger partial charge in [-0.25, -0.2) is 8.42 Å². The van der Waals surface area contributed by atoms with Gasteiger partial charge in [-0.15, -0.1) is 0 Å². The van der Waals surface area contributed by atoms with E-state index in [0.717, 1.165) is 51.3 Å². The predicted octanol–water partition coefficient (Wildman–Crippen LogP) is 1.81. The van der Waals surface area contributed by atoms with Gasteiger partial charge >= 0.3 is 0 Å². The van der Waals surface area contributed by atoms with Gasteiger partial charge in [0.25, 0.3) is 15.9 Å². The number of nitrogens with one attached hydrogen (secondary N) is 3. The normalized spacial score (nSPS) is 18.7. The Morgan fingerprint density at radius 1 is 1.18 bits per heavy atom. The molecule has 0 bridgehead atoms. The topological polar surface area (TPSA) is 109 Å². The van der Waals surface area contributed by atoms with Crippen LogP contribution in [0.4, 0.5) is 11.4 Å². The number of benzene rings is 2. The minimum Gasteiger partial charge on any atom is -0.497 e. The molecular weight excluding hydrogens is 444 g/mol. The number of amides is 1. The molecule has 9 nitrogen and oxygen atoms in total. The zero-order valence-corrected chi connectivity index (χ0v) is 19.5. The van der Waals surface area contributed by atoms with Gasteiger partial charge in [-0.3, -0.25) is 9.52 Å². The Labute approximate surface area is 194 Å². The molecule has 1 atom stereocenters. The van der Waals surface area contributed by atoms with Crippen molar-refractivity contribution in [2.75, 3.05) is 56.1 Å². The first-order valence-electron chi connectivity index (χ1n) is 11.1. The van der Waals surface area contributed by atoms with Crippen LogP contribution in [0.25, 0.3) is 0 Å². The summed E-state index contributed by atoms with van der Waals surface area (Å²) in [5.74, 6) is 0.308. The minimum absolute atomic E-state index is 0.0297. The quantitative estimate of drug-likeness (QED) is 0.535. The molecule has 0 saturated carbocycles. The zero-order chi connectivity index (χ0) is 23.3. The first-order valence-corrected chi connectivity index (χ1v) is 12.6. The first kappa shape index (κ1) is 23.3. The van der Waals surface area contributed by atoms with Gasteiger partial charge in [0.15, 0.2) is 0 Å². The maximum atomic E-state index is 13.1. The highest BCUT2D eigenvalue weighted by Gasteiger charge is 2.22. The summed E-state index contributed by atoms with van der Waals surface area (Å²) in [6.07, 6.45) is 1.95. The average molecular weight is 475 g/mol. The van der Waals surface area contributed by atoms with Crippen LogP contribution in [0.3, 0.4) is 0 Å². The molecule has 2 aliphatic rings. The van der Waals surface area contributed by atoms with Crippen LogP contribution in [0.15, 0.2) is 47.4 Å². The Morgan fingerprint density at radius 2 is 1.94 bits per heavy atom. The van der Waals surface area contributed by atoms with Gasteiger partial charge in [0, 0.05) is 44.9 Å². The molecule has 2 aliphatic heterocycles. The number of sulfonamides is 1. The molecule has 4 rings (SSSR count). The lowest BCUT2D eigenvalue weighted by atomic mass is 10.1. The lowest BCUT2D eigenvalue weighted by Gasteiger charge is -2.31. The maximum Gasteiger partial charge on any atom is 0.261 e. The lowest BCUT2D eigenvalue weighted by molar-refractivity contribution is 0.0858. The third-order valence-corrected chi connectivity index (χ3v) is 7.23. The molecule has 2 saturated heterocycles. The molecule has 0 unspecified atom stereocenters. The van der Waals surface area contributed by atoms with E-state index >= 15 is 0 Å². The summed E-state index contributed by atoms with van der Waals surface area (Å²) in [6.45, 7) is 4.23. The van der Waals surface area contributed by atoms with Crippen molar-refractivity contribution in [3.8, 4) is 5.75 Å². The van der Waals surface area contributed by atoms with Gasteiger partial charge in [-0.05, 0) is 55.3 Å². The van der Waals surface area contributed by atoms with Crippen molar-refractivity contribution in [2.45, 2.75) is 23.8 Å². The lowest BCUT2D eigenvalue weighted by Crippen LogP contribution is -2.43. The highest BCUT2D eigenvalue weighted by molar-refractivity contribution is 7.92. The smallest absolute Gasteiger partial charge is 0.261 e. The van der Waals surface area contributed by atoms with Crippen LogP contribution < -0.4 is 25.0 Å². The van der Waals surface area contributed by atoms with Crippen LogP contribution in [0, 0.1) is 0 Å². The third-order valence-electron chi connectivity index (χ3n) is 5.84. The number of rotatable bonds is 8. The van der Waals surface area contributed by atoms with E-state index in [2.05, 4.69) is 20.3 Å². The van der Waals surface area contributed by atoms with E-state index in [9.17, 15) is 13.2 Å². The number of methoxy groups -OCH3 is 1. The fraction of sp³-hybridized carbons (Fsp3) is 0.435. The van der Waals surface area contributed by atoms with Crippen LogP contribution in [-0.2, 0) is 14.8 Å². The fourth-order valence-corrected chi connectivity index (χ4v) is 5.08. The number of nitrogens with zero attached hydrogens (tertiary/aromatic N) is 1. The van der Waals surface area contributed by atoms with E-state index in [1.54, 1.807) is 30.3 Å². The second-order valence-electron chi connectivity index (χ2n) is 8.10. The summed E-state index contributed by atoms with van der Waals surface area (Å²) >= 11 is 0. The Bertz CT molecular complexity index is 1060. The molecule has 0 radical (unpaired) electrons. The van der Waals surface area contributed by atoms with Crippen LogP contribution >= 0.6 is 0 Å². The molecule has 1 amide bonds. The molecule has 33 heavy (non-hydrogen) atoms. The van der Waals surface area contributed by atoms with Gasteiger partial charge in [0.05, 0.1) is 29.5 Å². The summed E-state index contributed by atoms with van der Waals surface area (Å²) in [4.78, 5) is 15.0. The van der Waals surface area contributed by atoms with E-state index in [-0.39, 0.29) is 16.9 Å². The largest absolute Gasteiger partial charge is 0.497 e. The van der Waals surface area contributed by atoms with Crippen molar-refractivity contribution in [3.63, 3.8) is 0 Å². The standard InChI is InChI=1S/C23H30N4O5S/c1-31-18-5-7-20(8-6-18)33(29,30)26-21-15-17(23(28)25-16-19-3-2-14-32-19)4-9-22(21)27-12-10-24-11-13-27/h4-9,15,19,24,26H,2-3,10-14,16H2,1H3,(H,25,28)/t19-/m0/s1. The molecule has 0 spiro atoms. The van der Waals surface area contributed by atoms with E-state index in [1.807, 2.05) is 0 Å². The van der Waals surface area contributed by atoms with Crippen molar-refractivity contribution >= 4 is 27.3 Å². The monoisotopic (exact) mass is 474 g/mol. The van der Waals surface area contributed by atoms with Crippen molar-refractivity contribution in [1.82, 2.24) is 10.6 Å². The molecule has 0 aliphatic carbocycles. The number of carbonyl (C=O) groups is 1. The van der Waals surface area contributed by atoms with E-state index in [1.165, 1.54) is 19.2 Å². The highest BCUT2D eigenvalue weighted by Crippen LogP contribution is 2.30. The molecule has 0 aromatic heterocycles. The molecule has 2 aromatic rings. The minimum atomic E-state index is -3.87. The predicted molar refractivity (Wildman–Crippen MR) is 127 cm³/mol. The summed E-state index contributed by atoms with van der Waals surface area (Å²) in [5.41, 5.74) is 1.50. The number of hydrogen-bond acceptors (Lipinski definition) is 7.